The summed E-state index contributed by atoms with van der Waals surface area (Å²) in [6.07, 6.45) is -5.79. The lowest BCUT2D eigenvalue weighted by molar-refractivity contribution is -0.302. The van der Waals surface area contributed by atoms with Crippen molar-refractivity contribution < 1.29 is 23.1 Å². The summed E-state index contributed by atoms with van der Waals surface area (Å²) in [7, 11) is 0. The van der Waals surface area contributed by atoms with Crippen molar-refractivity contribution in [3.8, 4) is 0 Å². The summed E-state index contributed by atoms with van der Waals surface area (Å²) in [5.74, 6) is -0.822. The molecule has 1 N–H and O–H groups in total. The van der Waals surface area contributed by atoms with E-state index in [-0.39, 0.29) is 17.1 Å². The molecule has 148 valence electrons. The zero-order valence-electron chi connectivity index (χ0n) is 15.1. The summed E-state index contributed by atoms with van der Waals surface area (Å²) < 4.78 is 39.6. The van der Waals surface area contributed by atoms with E-state index in [4.69, 9.17) is 0 Å². The van der Waals surface area contributed by atoms with Gasteiger partial charge in [-0.1, -0.05) is 18.2 Å². The zero-order valence-corrected chi connectivity index (χ0v) is 15.1. The van der Waals surface area contributed by atoms with Gasteiger partial charge in [-0.25, -0.2) is 0 Å². The Hall–Kier alpha value is -2.13. The van der Waals surface area contributed by atoms with Crippen LogP contribution in [0.2, 0.25) is 0 Å². The first-order chi connectivity index (χ1) is 12.7. The Morgan fingerprint density at radius 3 is 2.41 bits per heavy atom. The van der Waals surface area contributed by atoms with E-state index in [0.29, 0.717) is 19.6 Å². The number of nitrogens with zero attached hydrogens (tertiary/aromatic N) is 4. The lowest BCUT2D eigenvalue weighted by Gasteiger charge is -2.36. The van der Waals surface area contributed by atoms with Crippen LogP contribution in [0, 0.1) is 0 Å². The molecule has 3 rings (SSSR count). The highest BCUT2D eigenvalue weighted by Crippen LogP contribution is 2.40. The Morgan fingerprint density at radius 1 is 1.19 bits per heavy atom. The number of rotatable bonds is 4. The second kappa shape index (κ2) is 7.47. The zero-order chi connectivity index (χ0) is 19.7. The van der Waals surface area contributed by atoms with Crippen molar-refractivity contribution in [1.29, 1.82) is 0 Å². The number of amides is 1. The van der Waals surface area contributed by atoms with Crippen LogP contribution in [0.25, 0.3) is 0 Å². The molecule has 1 amide bonds. The van der Waals surface area contributed by atoms with Crippen molar-refractivity contribution in [2.45, 2.75) is 31.7 Å². The molecule has 1 saturated heterocycles. The normalized spacial score (nSPS) is 24.3. The van der Waals surface area contributed by atoms with Gasteiger partial charge in [-0.3, -0.25) is 9.69 Å². The van der Waals surface area contributed by atoms with Gasteiger partial charge in [-0.2, -0.15) is 23.3 Å². The smallest absolute Gasteiger partial charge is 0.369 e. The lowest BCUT2D eigenvalue weighted by atomic mass is 10.1. The van der Waals surface area contributed by atoms with Crippen LogP contribution in [0.3, 0.4) is 0 Å². The molecule has 2 heterocycles. The molecule has 0 aliphatic carbocycles. The quantitative estimate of drug-likeness (QED) is 0.863. The second-order valence-corrected chi connectivity index (χ2v) is 6.95. The number of hydrogen-bond donors (Lipinski definition) is 1. The minimum absolute atomic E-state index is 0.0830. The van der Waals surface area contributed by atoms with E-state index >= 15 is 0 Å². The highest BCUT2D eigenvalue weighted by molar-refractivity contribution is 5.89. The van der Waals surface area contributed by atoms with Gasteiger partial charge in [0.25, 0.3) is 5.72 Å². The average molecular weight is 384 g/mol. The summed E-state index contributed by atoms with van der Waals surface area (Å²) in [5, 5.41) is 13.8. The fourth-order valence-electron chi connectivity index (χ4n) is 3.43. The molecule has 1 fully saturated rings. The molecule has 2 aliphatic heterocycles. The second-order valence-electron chi connectivity index (χ2n) is 6.95. The number of halogens is 3. The first-order valence-corrected chi connectivity index (χ1v) is 8.89. The van der Waals surface area contributed by atoms with E-state index < -0.39 is 24.2 Å². The van der Waals surface area contributed by atoms with E-state index in [1.807, 2.05) is 35.2 Å². The van der Waals surface area contributed by atoms with Crippen molar-refractivity contribution in [2.75, 3.05) is 37.6 Å². The maximum Gasteiger partial charge on any atom is 0.438 e. The number of para-hydroxylation sites is 1. The van der Waals surface area contributed by atoms with E-state index in [1.165, 1.54) is 6.92 Å². The SMILES string of the molecule is CC1=NN(C(=O)CCN2CCN(c3ccccc3)CC2)C(O)(C(F)(F)F)C1. The average Bonchev–Trinajstić information content (AvgIpc) is 2.96. The van der Waals surface area contributed by atoms with Crippen LogP contribution < -0.4 is 4.90 Å². The summed E-state index contributed by atoms with van der Waals surface area (Å²) in [5.41, 5.74) is -2.02. The van der Waals surface area contributed by atoms with Crippen LogP contribution in [0.5, 0.6) is 0 Å². The van der Waals surface area contributed by atoms with Gasteiger partial charge in [0.1, 0.15) is 0 Å². The summed E-state index contributed by atoms with van der Waals surface area (Å²) in [4.78, 5) is 16.6. The van der Waals surface area contributed by atoms with Crippen LogP contribution in [0.1, 0.15) is 19.8 Å². The van der Waals surface area contributed by atoms with Crippen molar-refractivity contribution in [3.63, 3.8) is 0 Å². The van der Waals surface area contributed by atoms with E-state index in [9.17, 15) is 23.1 Å². The van der Waals surface area contributed by atoms with Gasteiger partial charge in [0.05, 0.1) is 0 Å². The monoisotopic (exact) mass is 384 g/mol. The lowest BCUT2D eigenvalue weighted by Crippen LogP contribution is -2.57. The molecule has 1 atom stereocenters. The number of aliphatic hydroxyl groups is 1. The molecule has 0 radical (unpaired) electrons. The van der Waals surface area contributed by atoms with Crippen molar-refractivity contribution in [2.24, 2.45) is 5.10 Å². The maximum absolute atomic E-state index is 13.2. The summed E-state index contributed by atoms with van der Waals surface area (Å²) in [6, 6.07) is 9.97. The summed E-state index contributed by atoms with van der Waals surface area (Å²) in [6.45, 7) is 4.70. The van der Waals surface area contributed by atoms with Crippen LogP contribution in [0.15, 0.2) is 35.4 Å². The molecule has 1 aromatic carbocycles. The fraction of sp³-hybridized carbons (Fsp3) is 0.556. The van der Waals surface area contributed by atoms with E-state index in [1.54, 1.807) is 0 Å². The van der Waals surface area contributed by atoms with Gasteiger partial charge < -0.3 is 10.0 Å². The molecule has 2 aliphatic rings. The van der Waals surface area contributed by atoms with Gasteiger partial charge >= 0.3 is 6.18 Å². The van der Waals surface area contributed by atoms with Crippen LogP contribution >= 0.6 is 0 Å². The van der Waals surface area contributed by atoms with E-state index in [0.717, 1.165) is 18.8 Å². The van der Waals surface area contributed by atoms with Gasteiger partial charge in [0.2, 0.25) is 5.91 Å². The molecule has 0 spiro atoms. The fourth-order valence-corrected chi connectivity index (χ4v) is 3.43. The van der Waals surface area contributed by atoms with Crippen molar-refractivity contribution in [1.82, 2.24) is 9.91 Å². The number of piperazine rings is 1. The standard InChI is InChI=1S/C18H23F3N4O2/c1-14-13-17(27,18(19,20)21)25(22-14)16(26)7-8-23-9-11-24(12-10-23)15-5-3-2-4-6-15/h2-6,27H,7-13H2,1H3. The third-order valence-corrected chi connectivity index (χ3v) is 4.95. The number of anilines is 1. The predicted octanol–water partition coefficient (Wildman–Crippen LogP) is 2.06. The predicted molar refractivity (Wildman–Crippen MR) is 95.3 cm³/mol. The number of carbonyl (C=O) groups is 1. The number of alkyl halides is 3. The number of benzene rings is 1. The molecule has 1 unspecified atom stereocenters. The van der Waals surface area contributed by atoms with Gasteiger partial charge in [0, 0.05) is 57.0 Å². The Morgan fingerprint density at radius 2 is 1.81 bits per heavy atom. The minimum atomic E-state index is -4.95. The molecule has 9 heteroatoms. The largest absolute Gasteiger partial charge is 0.438 e. The number of hydrazone groups is 1. The molecule has 6 nitrogen and oxygen atoms in total. The maximum atomic E-state index is 13.2. The summed E-state index contributed by atoms with van der Waals surface area (Å²) >= 11 is 0. The van der Waals surface area contributed by atoms with Crippen LogP contribution in [-0.2, 0) is 4.79 Å². The van der Waals surface area contributed by atoms with Crippen LogP contribution in [-0.4, -0.2) is 71.3 Å². The molecule has 0 bridgehead atoms. The third-order valence-electron chi connectivity index (χ3n) is 4.95. The Balaban J connectivity index is 1.53. The highest BCUT2D eigenvalue weighted by Gasteiger charge is 2.62. The number of hydrogen-bond acceptors (Lipinski definition) is 5. The molecule has 0 saturated carbocycles. The first kappa shape index (κ1) is 19.6. The van der Waals surface area contributed by atoms with Gasteiger partial charge in [-0.15, -0.1) is 0 Å². The molecular formula is C18H23F3N4O2. The van der Waals surface area contributed by atoms with Crippen LogP contribution in [0.4, 0.5) is 18.9 Å². The van der Waals surface area contributed by atoms with Gasteiger partial charge in [-0.05, 0) is 19.1 Å². The number of carbonyl (C=O) groups excluding carboxylic acids is 1. The topological polar surface area (TPSA) is 59.4 Å². The van der Waals surface area contributed by atoms with E-state index in [2.05, 4.69) is 10.0 Å². The van der Waals surface area contributed by atoms with Gasteiger partial charge in [0.15, 0.2) is 0 Å². The minimum Gasteiger partial charge on any atom is -0.369 e. The van der Waals surface area contributed by atoms with Crippen molar-refractivity contribution >= 4 is 17.3 Å². The molecule has 0 aromatic heterocycles. The van der Waals surface area contributed by atoms with Crippen molar-refractivity contribution in [3.05, 3.63) is 30.3 Å². The Labute approximate surface area is 155 Å². The highest BCUT2D eigenvalue weighted by atomic mass is 19.4. The molecule has 27 heavy (non-hydrogen) atoms. The Kier molecular flexibility index (Phi) is 5.43. The molecular weight excluding hydrogens is 361 g/mol. The first-order valence-electron chi connectivity index (χ1n) is 8.89. The molecule has 1 aromatic rings. The Bertz CT molecular complexity index is 702. The third kappa shape index (κ3) is 4.08.